The summed E-state index contributed by atoms with van der Waals surface area (Å²) in [6.45, 7) is 5.05. The highest BCUT2D eigenvalue weighted by molar-refractivity contribution is 6.33. The Bertz CT molecular complexity index is 418. The number of hydrogen-bond acceptors (Lipinski definition) is 3. The van der Waals surface area contributed by atoms with E-state index in [-0.39, 0.29) is 5.91 Å². The molecule has 0 aliphatic carbocycles. The highest BCUT2D eigenvalue weighted by Gasteiger charge is 2.19. The van der Waals surface area contributed by atoms with Crippen molar-refractivity contribution < 1.29 is 4.79 Å². The van der Waals surface area contributed by atoms with Crippen LogP contribution in [-0.4, -0.2) is 41.5 Å². The van der Waals surface area contributed by atoms with E-state index < -0.39 is 0 Å². The van der Waals surface area contributed by atoms with Crippen LogP contribution in [0.3, 0.4) is 0 Å². The lowest BCUT2D eigenvalue weighted by Gasteiger charge is -2.23. The van der Waals surface area contributed by atoms with E-state index in [1.54, 1.807) is 12.3 Å². The third-order valence-corrected chi connectivity index (χ3v) is 3.64. The number of halogens is 1. The second-order valence-electron chi connectivity index (χ2n) is 4.66. The maximum Gasteiger partial charge on any atom is 0.252 e. The summed E-state index contributed by atoms with van der Waals surface area (Å²) in [5.74, 6) is -0.131. The molecule has 4 nitrogen and oxygen atoms in total. The summed E-state index contributed by atoms with van der Waals surface area (Å²) in [5.41, 5.74) is 0.486. The van der Waals surface area contributed by atoms with Crippen LogP contribution in [0.4, 0.5) is 0 Å². The van der Waals surface area contributed by atoms with Crippen molar-refractivity contribution in [2.75, 3.05) is 19.6 Å². The van der Waals surface area contributed by atoms with E-state index >= 15 is 0 Å². The molecule has 0 radical (unpaired) electrons. The van der Waals surface area contributed by atoms with Gasteiger partial charge in [0.25, 0.3) is 5.91 Å². The first-order chi connectivity index (χ1) is 8.68. The summed E-state index contributed by atoms with van der Waals surface area (Å²) in [4.78, 5) is 18.2. The molecule has 1 unspecified atom stereocenters. The molecule has 1 amide bonds. The molecule has 98 valence electrons. The Labute approximate surface area is 112 Å². The number of likely N-dealkylation sites (tertiary alicyclic amines) is 1. The topological polar surface area (TPSA) is 45.2 Å². The molecule has 2 heterocycles. The zero-order valence-electron chi connectivity index (χ0n) is 10.5. The van der Waals surface area contributed by atoms with E-state index in [4.69, 9.17) is 11.6 Å². The summed E-state index contributed by atoms with van der Waals surface area (Å²) < 4.78 is 0. The van der Waals surface area contributed by atoms with Crippen LogP contribution in [0.25, 0.3) is 0 Å². The molecular weight excluding hydrogens is 250 g/mol. The molecule has 1 atom stereocenters. The fraction of sp³-hybridized carbons (Fsp3) is 0.538. The summed E-state index contributed by atoms with van der Waals surface area (Å²) in [5, 5.41) is 3.32. The Hall–Kier alpha value is -1.13. The number of aromatic nitrogens is 1. The molecule has 1 fully saturated rings. The molecule has 0 saturated carbocycles. The Kier molecular flexibility index (Phi) is 4.55. The van der Waals surface area contributed by atoms with Gasteiger partial charge in [0.2, 0.25) is 0 Å². The average molecular weight is 268 g/mol. The van der Waals surface area contributed by atoms with Crippen molar-refractivity contribution >= 4 is 17.5 Å². The minimum atomic E-state index is -0.131. The van der Waals surface area contributed by atoms with Gasteiger partial charge in [0.15, 0.2) is 0 Å². The van der Waals surface area contributed by atoms with E-state index in [0.717, 1.165) is 13.1 Å². The van der Waals surface area contributed by atoms with E-state index in [1.165, 1.54) is 19.0 Å². The van der Waals surface area contributed by atoms with Crippen molar-refractivity contribution in [3.63, 3.8) is 0 Å². The van der Waals surface area contributed by atoms with Gasteiger partial charge in [-0.05, 0) is 38.9 Å². The van der Waals surface area contributed by atoms with Gasteiger partial charge < -0.3 is 5.32 Å². The first-order valence-electron chi connectivity index (χ1n) is 6.30. The van der Waals surface area contributed by atoms with Crippen molar-refractivity contribution in [3.8, 4) is 0 Å². The number of pyridine rings is 1. The normalized spacial score (nSPS) is 17.7. The quantitative estimate of drug-likeness (QED) is 0.907. The van der Waals surface area contributed by atoms with Gasteiger partial charge in [0, 0.05) is 25.0 Å². The molecule has 2 rings (SSSR count). The number of nitrogens with one attached hydrogen (secondary N) is 1. The van der Waals surface area contributed by atoms with Gasteiger partial charge in [-0.1, -0.05) is 11.6 Å². The predicted molar refractivity (Wildman–Crippen MR) is 71.8 cm³/mol. The second-order valence-corrected chi connectivity index (χ2v) is 5.06. The van der Waals surface area contributed by atoms with E-state index in [2.05, 4.69) is 22.1 Å². The van der Waals surface area contributed by atoms with Crippen molar-refractivity contribution in [1.82, 2.24) is 15.2 Å². The number of amides is 1. The van der Waals surface area contributed by atoms with Gasteiger partial charge >= 0.3 is 0 Å². The molecule has 0 aromatic carbocycles. The van der Waals surface area contributed by atoms with Crippen molar-refractivity contribution in [1.29, 1.82) is 0 Å². The van der Waals surface area contributed by atoms with Crippen LogP contribution >= 0.6 is 11.6 Å². The molecule has 1 saturated heterocycles. The third-order valence-electron chi connectivity index (χ3n) is 3.34. The Morgan fingerprint density at radius 2 is 2.28 bits per heavy atom. The van der Waals surface area contributed by atoms with E-state index in [9.17, 15) is 4.79 Å². The van der Waals surface area contributed by atoms with Crippen LogP contribution in [-0.2, 0) is 0 Å². The third kappa shape index (κ3) is 3.21. The SMILES string of the molecule is CC(CNC(=O)c1ccncc1Cl)N1CCCC1. The Morgan fingerprint density at radius 3 is 2.94 bits per heavy atom. The molecule has 1 N–H and O–H groups in total. The van der Waals surface area contributed by atoms with Gasteiger partial charge in [0.05, 0.1) is 10.6 Å². The lowest BCUT2D eigenvalue weighted by atomic mass is 10.2. The zero-order chi connectivity index (χ0) is 13.0. The van der Waals surface area contributed by atoms with Gasteiger partial charge in [0.1, 0.15) is 0 Å². The Morgan fingerprint density at radius 1 is 1.56 bits per heavy atom. The van der Waals surface area contributed by atoms with Crippen molar-refractivity contribution in [2.24, 2.45) is 0 Å². The number of carbonyl (C=O) groups excluding carboxylic acids is 1. The van der Waals surface area contributed by atoms with Crippen LogP contribution in [0, 0.1) is 0 Å². The summed E-state index contributed by atoms with van der Waals surface area (Å²) in [7, 11) is 0. The van der Waals surface area contributed by atoms with Crippen LogP contribution < -0.4 is 5.32 Å². The first-order valence-corrected chi connectivity index (χ1v) is 6.68. The molecule has 0 spiro atoms. The lowest BCUT2D eigenvalue weighted by Crippen LogP contribution is -2.40. The second kappa shape index (κ2) is 6.16. The Balaban J connectivity index is 1.86. The van der Waals surface area contributed by atoms with Crippen LogP contribution in [0.15, 0.2) is 18.5 Å². The minimum Gasteiger partial charge on any atom is -0.350 e. The largest absolute Gasteiger partial charge is 0.350 e. The van der Waals surface area contributed by atoms with Gasteiger partial charge in [-0.15, -0.1) is 0 Å². The molecule has 0 bridgehead atoms. The number of rotatable bonds is 4. The van der Waals surface area contributed by atoms with Crippen LogP contribution in [0.5, 0.6) is 0 Å². The summed E-state index contributed by atoms with van der Waals surface area (Å²) in [6, 6.07) is 2.01. The lowest BCUT2D eigenvalue weighted by molar-refractivity contribution is 0.0940. The number of nitrogens with zero attached hydrogens (tertiary/aromatic N) is 2. The van der Waals surface area contributed by atoms with Crippen molar-refractivity contribution in [3.05, 3.63) is 29.0 Å². The monoisotopic (exact) mass is 267 g/mol. The fourth-order valence-corrected chi connectivity index (χ4v) is 2.41. The van der Waals surface area contributed by atoms with Crippen molar-refractivity contribution in [2.45, 2.75) is 25.8 Å². The average Bonchev–Trinajstić information content (AvgIpc) is 2.90. The molecular formula is C13H18ClN3O. The zero-order valence-corrected chi connectivity index (χ0v) is 11.3. The molecule has 1 aromatic rings. The first kappa shape index (κ1) is 13.3. The summed E-state index contributed by atoms with van der Waals surface area (Å²) in [6.07, 6.45) is 5.58. The maximum absolute atomic E-state index is 11.9. The highest BCUT2D eigenvalue weighted by atomic mass is 35.5. The molecule has 18 heavy (non-hydrogen) atoms. The number of hydrogen-bond donors (Lipinski definition) is 1. The smallest absolute Gasteiger partial charge is 0.252 e. The van der Waals surface area contributed by atoms with E-state index in [1.807, 2.05) is 0 Å². The fourth-order valence-electron chi connectivity index (χ4n) is 2.21. The molecule has 1 aliphatic rings. The van der Waals surface area contributed by atoms with Gasteiger partial charge in [-0.25, -0.2) is 0 Å². The van der Waals surface area contributed by atoms with E-state index in [0.29, 0.717) is 23.2 Å². The predicted octanol–water partition coefficient (Wildman–Crippen LogP) is 1.95. The maximum atomic E-state index is 11.9. The highest BCUT2D eigenvalue weighted by Crippen LogP contribution is 2.14. The van der Waals surface area contributed by atoms with Gasteiger partial charge in [-0.3, -0.25) is 14.7 Å². The molecule has 5 heteroatoms. The van der Waals surface area contributed by atoms with Crippen LogP contribution in [0.2, 0.25) is 5.02 Å². The number of carbonyl (C=O) groups is 1. The standard InChI is InChI=1S/C13H18ClN3O/c1-10(17-6-2-3-7-17)8-16-13(18)11-4-5-15-9-12(11)14/h4-5,9-10H,2-3,6-8H2,1H3,(H,16,18). The minimum absolute atomic E-state index is 0.131. The molecule has 1 aromatic heterocycles. The molecule has 1 aliphatic heterocycles. The van der Waals surface area contributed by atoms with Crippen LogP contribution in [0.1, 0.15) is 30.1 Å². The summed E-state index contributed by atoms with van der Waals surface area (Å²) >= 11 is 5.93. The van der Waals surface area contributed by atoms with Gasteiger partial charge in [-0.2, -0.15) is 0 Å².